The number of thiophene rings is 1. The van der Waals surface area contributed by atoms with Gasteiger partial charge in [-0.25, -0.2) is 9.18 Å². The standard InChI is InChI=1S/C23H28FNO3S/c1-5-28-22(27)20-17-11-8-15(23(2,3)4)13-18(17)29-21(20)25-19(26)12-14-6-9-16(24)10-7-14/h6-7,9-10,15H,5,8,11-13H2,1-4H3,(H,25,26). The first-order chi connectivity index (χ1) is 13.7. The van der Waals surface area contributed by atoms with Crippen LogP contribution < -0.4 is 5.32 Å². The Morgan fingerprint density at radius 1 is 1.24 bits per heavy atom. The van der Waals surface area contributed by atoms with Crippen LogP contribution in [0.3, 0.4) is 0 Å². The third kappa shape index (κ3) is 5.04. The van der Waals surface area contributed by atoms with Crippen LogP contribution in [0.15, 0.2) is 24.3 Å². The Morgan fingerprint density at radius 3 is 2.55 bits per heavy atom. The Kier molecular flexibility index (Phi) is 6.42. The molecule has 0 aliphatic heterocycles. The predicted octanol–water partition coefficient (Wildman–Crippen LogP) is 5.40. The number of esters is 1. The first-order valence-corrected chi connectivity index (χ1v) is 10.9. The Hall–Kier alpha value is -2.21. The lowest BCUT2D eigenvalue weighted by Gasteiger charge is -2.33. The fourth-order valence-electron chi connectivity index (χ4n) is 3.79. The zero-order valence-electron chi connectivity index (χ0n) is 17.4. The number of rotatable bonds is 5. The van der Waals surface area contributed by atoms with Crippen LogP contribution in [0.25, 0.3) is 0 Å². The van der Waals surface area contributed by atoms with Gasteiger partial charge in [0.05, 0.1) is 18.6 Å². The summed E-state index contributed by atoms with van der Waals surface area (Å²) in [5.74, 6) is -0.408. The topological polar surface area (TPSA) is 55.4 Å². The van der Waals surface area contributed by atoms with Crippen LogP contribution in [0, 0.1) is 17.2 Å². The van der Waals surface area contributed by atoms with Gasteiger partial charge in [0.15, 0.2) is 0 Å². The van der Waals surface area contributed by atoms with E-state index in [4.69, 9.17) is 4.74 Å². The summed E-state index contributed by atoms with van der Waals surface area (Å²) in [7, 11) is 0. The van der Waals surface area contributed by atoms with Crippen molar-refractivity contribution >= 4 is 28.2 Å². The lowest BCUT2D eigenvalue weighted by molar-refractivity contribution is -0.115. The Bertz CT molecular complexity index is 896. The van der Waals surface area contributed by atoms with E-state index in [1.165, 1.54) is 23.5 Å². The molecule has 1 aromatic heterocycles. The second kappa shape index (κ2) is 8.66. The highest BCUT2D eigenvalue weighted by atomic mass is 32.1. The van der Waals surface area contributed by atoms with E-state index in [0.717, 1.165) is 35.3 Å². The number of nitrogens with one attached hydrogen (secondary N) is 1. The first kappa shape index (κ1) is 21.5. The van der Waals surface area contributed by atoms with Gasteiger partial charge in [0.2, 0.25) is 5.91 Å². The smallest absolute Gasteiger partial charge is 0.341 e. The van der Waals surface area contributed by atoms with Crippen molar-refractivity contribution in [3.05, 3.63) is 51.7 Å². The van der Waals surface area contributed by atoms with Gasteiger partial charge in [-0.05, 0) is 60.8 Å². The average molecular weight is 418 g/mol. The lowest BCUT2D eigenvalue weighted by atomic mass is 9.72. The molecule has 2 aromatic rings. The highest BCUT2D eigenvalue weighted by molar-refractivity contribution is 7.17. The van der Waals surface area contributed by atoms with Crippen molar-refractivity contribution in [2.45, 2.75) is 53.4 Å². The minimum Gasteiger partial charge on any atom is -0.462 e. The Balaban J connectivity index is 1.85. The zero-order valence-corrected chi connectivity index (χ0v) is 18.2. The maximum absolute atomic E-state index is 13.1. The summed E-state index contributed by atoms with van der Waals surface area (Å²) in [4.78, 5) is 26.4. The fraction of sp³-hybridized carbons (Fsp3) is 0.478. The first-order valence-electron chi connectivity index (χ1n) is 10.0. The molecule has 1 unspecified atom stereocenters. The SMILES string of the molecule is CCOC(=O)c1c(NC(=O)Cc2ccc(F)cc2)sc2c1CCC(C(C)(C)C)C2. The highest BCUT2D eigenvalue weighted by Gasteiger charge is 2.34. The second-order valence-electron chi connectivity index (χ2n) is 8.59. The normalized spacial score (nSPS) is 16.2. The van der Waals surface area contributed by atoms with Crippen LogP contribution >= 0.6 is 11.3 Å². The molecule has 1 atom stereocenters. The molecule has 0 spiro atoms. The summed E-state index contributed by atoms with van der Waals surface area (Å²) in [5.41, 5.74) is 2.44. The van der Waals surface area contributed by atoms with Crippen molar-refractivity contribution in [1.82, 2.24) is 0 Å². The third-order valence-electron chi connectivity index (χ3n) is 5.50. The zero-order chi connectivity index (χ0) is 21.2. The van der Waals surface area contributed by atoms with Crippen LogP contribution in [0.2, 0.25) is 0 Å². The average Bonchev–Trinajstić information content (AvgIpc) is 3.00. The minimum atomic E-state index is -0.378. The Morgan fingerprint density at radius 2 is 1.93 bits per heavy atom. The molecule has 0 radical (unpaired) electrons. The second-order valence-corrected chi connectivity index (χ2v) is 9.69. The molecule has 156 valence electrons. The molecule has 3 rings (SSSR count). The van der Waals surface area contributed by atoms with Crippen LogP contribution in [0.1, 0.15) is 60.5 Å². The van der Waals surface area contributed by atoms with Crippen LogP contribution in [0.4, 0.5) is 9.39 Å². The Labute approximate surface area is 175 Å². The van der Waals surface area contributed by atoms with Crippen molar-refractivity contribution in [3.63, 3.8) is 0 Å². The fourth-order valence-corrected chi connectivity index (χ4v) is 5.12. The highest BCUT2D eigenvalue weighted by Crippen LogP contribution is 2.44. The molecule has 1 N–H and O–H groups in total. The molecule has 1 aliphatic carbocycles. The van der Waals surface area contributed by atoms with Gasteiger partial charge in [-0.15, -0.1) is 11.3 Å². The number of amides is 1. The number of carbonyl (C=O) groups is 2. The van der Waals surface area contributed by atoms with E-state index in [-0.39, 0.29) is 36.1 Å². The van der Waals surface area contributed by atoms with E-state index < -0.39 is 0 Å². The van der Waals surface area contributed by atoms with Crippen molar-refractivity contribution in [1.29, 1.82) is 0 Å². The predicted molar refractivity (Wildman–Crippen MR) is 114 cm³/mol. The van der Waals surface area contributed by atoms with E-state index >= 15 is 0 Å². The van der Waals surface area contributed by atoms with Crippen LogP contribution in [0.5, 0.6) is 0 Å². The molecular formula is C23H28FNO3S. The van der Waals surface area contributed by atoms with Gasteiger partial charge in [-0.1, -0.05) is 32.9 Å². The quantitative estimate of drug-likeness (QED) is 0.663. The largest absolute Gasteiger partial charge is 0.462 e. The minimum absolute atomic E-state index is 0.121. The summed E-state index contributed by atoms with van der Waals surface area (Å²) in [6, 6.07) is 5.86. The summed E-state index contributed by atoms with van der Waals surface area (Å²) >= 11 is 1.48. The monoisotopic (exact) mass is 417 g/mol. The summed E-state index contributed by atoms with van der Waals surface area (Å²) < 4.78 is 18.4. The van der Waals surface area contributed by atoms with Gasteiger partial charge in [0.25, 0.3) is 0 Å². The molecule has 29 heavy (non-hydrogen) atoms. The van der Waals surface area contributed by atoms with Crippen LogP contribution in [-0.4, -0.2) is 18.5 Å². The van der Waals surface area contributed by atoms with Gasteiger partial charge in [0.1, 0.15) is 10.8 Å². The summed E-state index contributed by atoms with van der Waals surface area (Å²) in [6.07, 6.45) is 2.86. The van der Waals surface area contributed by atoms with Gasteiger partial charge in [-0.2, -0.15) is 0 Å². The molecule has 0 saturated carbocycles. The number of benzene rings is 1. The molecule has 0 fully saturated rings. The number of anilines is 1. The van der Waals surface area contributed by atoms with E-state index in [1.807, 2.05) is 0 Å². The number of fused-ring (bicyclic) bond motifs is 1. The maximum Gasteiger partial charge on any atom is 0.341 e. The van der Waals surface area contributed by atoms with Crippen molar-refractivity contribution < 1.29 is 18.7 Å². The summed E-state index contributed by atoms with van der Waals surface area (Å²) in [5, 5.41) is 3.47. The molecule has 1 aromatic carbocycles. The van der Waals surface area contributed by atoms with Gasteiger partial charge in [0, 0.05) is 4.88 Å². The molecule has 1 heterocycles. The van der Waals surface area contributed by atoms with Gasteiger partial charge in [-0.3, -0.25) is 4.79 Å². The number of ether oxygens (including phenoxy) is 1. The lowest BCUT2D eigenvalue weighted by Crippen LogP contribution is -2.26. The van der Waals surface area contributed by atoms with Crippen LogP contribution in [-0.2, 0) is 28.8 Å². The number of hydrogen-bond acceptors (Lipinski definition) is 4. The van der Waals surface area contributed by atoms with E-state index in [2.05, 4.69) is 26.1 Å². The number of hydrogen-bond donors (Lipinski definition) is 1. The van der Waals surface area contributed by atoms with Gasteiger partial charge >= 0.3 is 5.97 Å². The maximum atomic E-state index is 13.1. The number of carbonyl (C=O) groups excluding carboxylic acids is 2. The molecule has 4 nitrogen and oxygen atoms in total. The molecular weight excluding hydrogens is 389 g/mol. The molecule has 1 aliphatic rings. The molecule has 6 heteroatoms. The van der Waals surface area contributed by atoms with E-state index in [1.54, 1.807) is 19.1 Å². The van der Waals surface area contributed by atoms with E-state index in [0.29, 0.717) is 16.5 Å². The molecule has 1 amide bonds. The molecule has 0 bridgehead atoms. The molecule has 0 saturated heterocycles. The number of halogens is 1. The van der Waals surface area contributed by atoms with Crippen molar-refractivity contribution in [3.8, 4) is 0 Å². The van der Waals surface area contributed by atoms with Crippen molar-refractivity contribution in [2.24, 2.45) is 11.3 Å². The van der Waals surface area contributed by atoms with Gasteiger partial charge < -0.3 is 10.1 Å². The van der Waals surface area contributed by atoms with Crippen molar-refractivity contribution in [2.75, 3.05) is 11.9 Å². The third-order valence-corrected chi connectivity index (χ3v) is 6.67. The van der Waals surface area contributed by atoms with E-state index in [9.17, 15) is 14.0 Å². The summed E-state index contributed by atoms with van der Waals surface area (Å²) in [6.45, 7) is 8.80.